The number of imidazole rings is 1. The van der Waals surface area contributed by atoms with Crippen molar-refractivity contribution in [2.45, 2.75) is 19.8 Å². The maximum atomic E-state index is 12.1. The van der Waals surface area contributed by atoms with Gasteiger partial charge in [-0.05, 0) is 31.4 Å². The fourth-order valence-corrected chi connectivity index (χ4v) is 2.69. The van der Waals surface area contributed by atoms with Crippen molar-refractivity contribution >= 4 is 11.5 Å². The fraction of sp³-hybridized carbons (Fsp3) is 0.222. The summed E-state index contributed by atoms with van der Waals surface area (Å²) in [4.78, 5) is 16.5. The van der Waals surface area contributed by atoms with Gasteiger partial charge in [0.15, 0.2) is 5.78 Å². The number of rotatable bonds is 3. The van der Waals surface area contributed by atoms with Gasteiger partial charge in [0.05, 0.1) is 0 Å². The summed E-state index contributed by atoms with van der Waals surface area (Å²) in [6.07, 6.45) is 4.74. The molecule has 4 nitrogen and oxygen atoms in total. The van der Waals surface area contributed by atoms with Gasteiger partial charge in [-0.1, -0.05) is 36.4 Å². The number of aliphatic hydroxyl groups is 1. The molecule has 1 aromatic carbocycles. The molecule has 1 aliphatic carbocycles. The average molecular weight is 294 g/mol. The summed E-state index contributed by atoms with van der Waals surface area (Å²) in [5.74, 6) is 0.994. The topological polar surface area (TPSA) is 55.1 Å². The Bertz CT molecular complexity index is 783. The Hall–Kier alpha value is -2.62. The van der Waals surface area contributed by atoms with Crippen molar-refractivity contribution in [1.82, 2.24) is 9.55 Å². The van der Waals surface area contributed by atoms with Crippen molar-refractivity contribution in [1.29, 1.82) is 0 Å². The second kappa shape index (κ2) is 5.64. The fourth-order valence-electron chi connectivity index (χ4n) is 2.69. The van der Waals surface area contributed by atoms with Crippen LogP contribution in [0, 0.1) is 6.92 Å². The van der Waals surface area contributed by atoms with E-state index in [1.807, 2.05) is 36.7 Å². The van der Waals surface area contributed by atoms with Gasteiger partial charge in [0.2, 0.25) is 0 Å². The molecule has 1 aromatic heterocycles. The molecule has 22 heavy (non-hydrogen) atoms. The number of hydrogen-bond donors (Lipinski definition) is 1. The Morgan fingerprint density at radius 1 is 1.27 bits per heavy atom. The molecule has 0 unspecified atom stereocenters. The van der Waals surface area contributed by atoms with E-state index in [0.29, 0.717) is 17.7 Å². The quantitative estimate of drug-likeness (QED) is 0.697. The summed E-state index contributed by atoms with van der Waals surface area (Å²) < 4.78 is 2.00. The highest BCUT2D eigenvalue weighted by atomic mass is 16.3. The van der Waals surface area contributed by atoms with Gasteiger partial charge < -0.3 is 9.67 Å². The lowest BCUT2D eigenvalue weighted by atomic mass is 9.97. The highest BCUT2D eigenvalue weighted by Crippen LogP contribution is 2.30. The molecule has 0 spiro atoms. The van der Waals surface area contributed by atoms with Gasteiger partial charge in [0, 0.05) is 18.3 Å². The van der Waals surface area contributed by atoms with Crippen LogP contribution in [0.15, 0.2) is 48.1 Å². The highest BCUT2D eigenvalue weighted by molar-refractivity contribution is 6.04. The van der Waals surface area contributed by atoms with Crippen molar-refractivity contribution in [3.63, 3.8) is 0 Å². The summed E-state index contributed by atoms with van der Waals surface area (Å²) in [6, 6.07) is 9.10. The molecule has 0 saturated heterocycles. The normalized spacial score (nSPS) is 14.5. The zero-order valence-corrected chi connectivity index (χ0v) is 12.7. The summed E-state index contributed by atoms with van der Waals surface area (Å²) in [5, 5.41) is 10.4. The number of benzene rings is 1. The Labute approximate surface area is 129 Å². The zero-order chi connectivity index (χ0) is 15.7. The smallest absolute Gasteiger partial charge is 0.185 e. The summed E-state index contributed by atoms with van der Waals surface area (Å²) in [6.45, 7) is 1.92. The highest BCUT2D eigenvalue weighted by Gasteiger charge is 2.22. The van der Waals surface area contributed by atoms with Gasteiger partial charge in [-0.25, -0.2) is 4.98 Å². The number of aryl methyl sites for hydroxylation is 1. The monoisotopic (exact) mass is 294 g/mol. The lowest BCUT2D eigenvalue weighted by Gasteiger charge is -2.14. The van der Waals surface area contributed by atoms with E-state index in [2.05, 4.69) is 4.98 Å². The van der Waals surface area contributed by atoms with Crippen LogP contribution < -0.4 is 0 Å². The minimum Gasteiger partial charge on any atom is -0.505 e. The van der Waals surface area contributed by atoms with Crippen LogP contribution in [0.5, 0.6) is 0 Å². The number of ketones is 1. The molecule has 1 N–H and O–H groups in total. The number of allylic oxidation sites excluding steroid dienone is 3. The van der Waals surface area contributed by atoms with Gasteiger partial charge in [0.25, 0.3) is 0 Å². The lowest BCUT2D eigenvalue weighted by molar-refractivity contribution is 0.104. The SMILES string of the molecule is Cc1nc2c(n1C)CCC(C=CC(=O)c1ccccc1)=C2O. The van der Waals surface area contributed by atoms with Crippen LogP contribution in [-0.2, 0) is 13.5 Å². The number of carbonyl (C=O) groups excluding carboxylic acids is 1. The van der Waals surface area contributed by atoms with Crippen molar-refractivity contribution in [2.75, 3.05) is 0 Å². The maximum absolute atomic E-state index is 12.1. The van der Waals surface area contributed by atoms with E-state index in [1.165, 1.54) is 6.08 Å². The Morgan fingerprint density at radius 2 is 2.00 bits per heavy atom. The van der Waals surface area contributed by atoms with Gasteiger partial charge in [-0.2, -0.15) is 0 Å². The van der Waals surface area contributed by atoms with Crippen molar-refractivity contribution < 1.29 is 9.90 Å². The van der Waals surface area contributed by atoms with Gasteiger partial charge >= 0.3 is 0 Å². The molecule has 0 fully saturated rings. The standard InChI is InChI=1S/C18H18N2O2/c1-12-19-17-15(20(12)2)10-8-14(18(17)22)9-11-16(21)13-6-4-3-5-7-13/h3-7,9,11,22H,8,10H2,1-2H3. The van der Waals surface area contributed by atoms with E-state index in [4.69, 9.17) is 0 Å². The zero-order valence-electron chi connectivity index (χ0n) is 12.7. The van der Waals surface area contributed by atoms with Crippen LogP contribution in [0.3, 0.4) is 0 Å². The van der Waals surface area contributed by atoms with E-state index in [9.17, 15) is 9.90 Å². The van der Waals surface area contributed by atoms with E-state index in [-0.39, 0.29) is 11.5 Å². The predicted molar refractivity (Wildman–Crippen MR) is 85.7 cm³/mol. The molecule has 2 aromatic rings. The number of aliphatic hydroxyl groups excluding tert-OH is 1. The molecule has 112 valence electrons. The number of fused-ring (bicyclic) bond motifs is 1. The largest absolute Gasteiger partial charge is 0.505 e. The third-order valence-corrected chi connectivity index (χ3v) is 4.09. The predicted octanol–water partition coefficient (Wildman–Crippen LogP) is 3.38. The molecule has 3 rings (SSSR count). The molecule has 1 aliphatic rings. The summed E-state index contributed by atoms with van der Waals surface area (Å²) in [5.41, 5.74) is 3.08. The molecule has 0 atom stereocenters. The molecule has 0 radical (unpaired) electrons. The third-order valence-electron chi connectivity index (χ3n) is 4.09. The first-order valence-corrected chi connectivity index (χ1v) is 7.30. The first kappa shape index (κ1) is 14.3. The molecular weight excluding hydrogens is 276 g/mol. The average Bonchev–Trinajstić information content (AvgIpc) is 2.83. The van der Waals surface area contributed by atoms with Crippen molar-refractivity contribution in [3.8, 4) is 0 Å². The number of nitrogens with zero attached hydrogens (tertiary/aromatic N) is 2. The lowest BCUT2D eigenvalue weighted by Crippen LogP contribution is -2.07. The Balaban J connectivity index is 1.88. The van der Waals surface area contributed by atoms with Crippen LogP contribution in [0.1, 0.15) is 34.0 Å². The molecule has 0 amide bonds. The van der Waals surface area contributed by atoms with E-state index in [1.54, 1.807) is 18.2 Å². The molecular formula is C18H18N2O2. The third kappa shape index (κ3) is 2.48. The van der Waals surface area contributed by atoms with Crippen LogP contribution in [0.4, 0.5) is 0 Å². The second-order valence-corrected chi connectivity index (χ2v) is 5.45. The number of hydrogen-bond acceptors (Lipinski definition) is 3. The van der Waals surface area contributed by atoms with Crippen LogP contribution >= 0.6 is 0 Å². The Kier molecular flexibility index (Phi) is 3.67. The first-order valence-electron chi connectivity index (χ1n) is 7.30. The maximum Gasteiger partial charge on any atom is 0.185 e. The first-order chi connectivity index (χ1) is 10.6. The van der Waals surface area contributed by atoms with Crippen LogP contribution in [-0.4, -0.2) is 20.4 Å². The van der Waals surface area contributed by atoms with E-state index >= 15 is 0 Å². The van der Waals surface area contributed by atoms with E-state index in [0.717, 1.165) is 23.5 Å². The van der Waals surface area contributed by atoms with Crippen molar-refractivity contribution in [2.24, 2.45) is 7.05 Å². The van der Waals surface area contributed by atoms with E-state index < -0.39 is 0 Å². The van der Waals surface area contributed by atoms with Gasteiger partial charge in [-0.15, -0.1) is 0 Å². The van der Waals surface area contributed by atoms with Crippen molar-refractivity contribution in [3.05, 3.63) is 70.8 Å². The minimum atomic E-state index is -0.0658. The molecule has 4 heteroatoms. The van der Waals surface area contributed by atoms with Crippen LogP contribution in [0.2, 0.25) is 0 Å². The summed E-state index contributed by atoms with van der Waals surface area (Å²) >= 11 is 0. The molecule has 0 aliphatic heterocycles. The number of aromatic nitrogens is 2. The number of carbonyl (C=O) groups is 1. The Morgan fingerprint density at radius 3 is 2.73 bits per heavy atom. The second-order valence-electron chi connectivity index (χ2n) is 5.45. The molecule has 1 heterocycles. The van der Waals surface area contributed by atoms with Gasteiger partial charge in [-0.3, -0.25) is 4.79 Å². The minimum absolute atomic E-state index is 0.0658. The van der Waals surface area contributed by atoms with Crippen LogP contribution in [0.25, 0.3) is 5.76 Å². The molecule has 0 bridgehead atoms. The molecule has 0 saturated carbocycles. The summed E-state index contributed by atoms with van der Waals surface area (Å²) in [7, 11) is 1.95. The van der Waals surface area contributed by atoms with Gasteiger partial charge in [0.1, 0.15) is 17.3 Å².